The Kier molecular flexibility index (Phi) is 5.83. The Morgan fingerprint density at radius 3 is 2.71 bits per heavy atom. The highest BCUT2D eigenvalue weighted by Crippen LogP contribution is 2.29. The summed E-state index contributed by atoms with van der Waals surface area (Å²) in [5, 5.41) is 8.94. The Morgan fingerprint density at radius 2 is 2.04 bits per heavy atom. The van der Waals surface area contributed by atoms with E-state index in [9.17, 15) is 18.0 Å². The van der Waals surface area contributed by atoms with Gasteiger partial charge in [0.25, 0.3) is 0 Å². The van der Waals surface area contributed by atoms with Crippen molar-refractivity contribution in [1.82, 2.24) is 9.88 Å². The van der Waals surface area contributed by atoms with Crippen LogP contribution in [0.3, 0.4) is 0 Å². The van der Waals surface area contributed by atoms with E-state index in [1.807, 2.05) is 6.07 Å². The lowest BCUT2D eigenvalue weighted by Crippen LogP contribution is -2.45. The van der Waals surface area contributed by atoms with Crippen LogP contribution in [0.5, 0.6) is 5.88 Å². The number of carbonyl (C=O) groups excluding carboxylic acids is 1. The normalized spacial score (nSPS) is 17.1. The molecule has 1 aliphatic heterocycles. The smallest absolute Gasteiger partial charge is 0.416 e. The molecule has 146 valence electrons. The van der Waals surface area contributed by atoms with Gasteiger partial charge in [0.05, 0.1) is 30.2 Å². The lowest BCUT2D eigenvalue weighted by Gasteiger charge is -2.32. The second-order valence-electron chi connectivity index (χ2n) is 6.59. The van der Waals surface area contributed by atoms with Crippen LogP contribution in [0.25, 0.3) is 0 Å². The molecule has 1 aromatic heterocycles. The van der Waals surface area contributed by atoms with E-state index in [1.54, 1.807) is 17.0 Å². The maximum atomic E-state index is 12.6. The van der Waals surface area contributed by atoms with E-state index < -0.39 is 11.7 Å². The van der Waals surface area contributed by atoms with Gasteiger partial charge in [0.1, 0.15) is 6.10 Å². The quantitative estimate of drug-likeness (QED) is 0.802. The fraction of sp³-hybridized carbons (Fsp3) is 0.350. The van der Waals surface area contributed by atoms with Crippen molar-refractivity contribution in [3.63, 3.8) is 0 Å². The first kappa shape index (κ1) is 19.7. The van der Waals surface area contributed by atoms with Crippen molar-refractivity contribution in [3.8, 4) is 11.9 Å². The molecule has 8 heteroatoms. The first-order chi connectivity index (χ1) is 13.3. The highest BCUT2D eigenvalue weighted by molar-refractivity contribution is 5.79. The van der Waals surface area contributed by atoms with Crippen LogP contribution < -0.4 is 4.74 Å². The monoisotopic (exact) mass is 389 g/mol. The Bertz CT molecular complexity index is 876. The van der Waals surface area contributed by atoms with Crippen molar-refractivity contribution < 1.29 is 22.7 Å². The molecule has 0 unspecified atom stereocenters. The third-order valence-electron chi connectivity index (χ3n) is 4.52. The fourth-order valence-electron chi connectivity index (χ4n) is 3.07. The first-order valence-electron chi connectivity index (χ1n) is 8.82. The molecule has 1 aromatic carbocycles. The second-order valence-corrected chi connectivity index (χ2v) is 6.59. The van der Waals surface area contributed by atoms with E-state index >= 15 is 0 Å². The average Bonchev–Trinajstić information content (AvgIpc) is 2.68. The molecule has 0 spiro atoms. The van der Waals surface area contributed by atoms with Crippen LogP contribution in [0.4, 0.5) is 13.2 Å². The van der Waals surface area contributed by atoms with Gasteiger partial charge >= 0.3 is 6.18 Å². The Morgan fingerprint density at radius 1 is 1.29 bits per heavy atom. The summed E-state index contributed by atoms with van der Waals surface area (Å²) in [5.74, 6) is 0.174. The maximum Gasteiger partial charge on any atom is 0.416 e. The maximum absolute atomic E-state index is 12.6. The summed E-state index contributed by atoms with van der Waals surface area (Å²) in [6, 6.07) is 9.77. The first-order valence-corrected chi connectivity index (χ1v) is 8.82. The standard InChI is InChI=1S/C20H18F3N3O2/c21-20(22,23)16-5-3-14(4-6-16)11-19(27)26-9-1-2-17(13-26)28-18-10-15(12-24)7-8-25-18/h3-8,10,17H,1-2,9,11,13H2/t17-/m0/s1. The number of benzene rings is 1. The van der Waals surface area contributed by atoms with Crippen LogP contribution in [0.2, 0.25) is 0 Å². The van der Waals surface area contributed by atoms with Crippen LogP contribution in [0, 0.1) is 11.3 Å². The van der Waals surface area contributed by atoms with Crippen molar-refractivity contribution in [2.24, 2.45) is 0 Å². The van der Waals surface area contributed by atoms with Gasteiger partial charge in [0.15, 0.2) is 0 Å². The summed E-state index contributed by atoms with van der Waals surface area (Å²) in [4.78, 5) is 18.3. The minimum Gasteiger partial charge on any atom is -0.472 e. The van der Waals surface area contributed by atoms with Gasteiger partial charge in [0, 0.05) is 18.8 Å². The van der Waals surface area contributed by atoms with E-state index in [-0.39, 0.29) is 18.4 Å². The molecule has 0 N–H and O–H groups in total. The summed E-state index contributed by atoms with van der Waals surface area (Å²) in [5.41, 5.74) is 0.239. The topological polar surface area (TPSA) is 66.2 Å². The molecule has 1 amide bonds. The molecule has 0 radical (unpaired) electrons. The summed E-state index contributed by atoms with van der Waals surface area (Å²) in [7, 11) is 0. The van der Waals surface area contributed by atoms with E-state index in [2.05, 4.69) is 4.98 Å². The minimum atomic E-state index is -4.39. The number of halogens is 3. The van der Waals surface area contributed by atoms with E-state index in [0.29, 0.717) is 30.1 Å². The molecule has 1 aliphatic rings. The molecule has 5 nitrogen and oxygen atoms in total. The molecule has 3 rings (SSSR count). The molecule has 0 bridgehead atoms. The Labute approximate surface area is 160 Å². The Balaban J connectivity index is 1.59. The Hall–Kier alpha value is -3.08. The van der Waals surface area contributed by atoms with E-state index in [1.165, 1.54) is 18.3 Å². The second kappa shape index (κ2) is 8.30. The lowest BCUT2D eigenvalue weighted by atomic mass is 10.0. The molecule has 2 aromatic rings. The van der Waals surface area contributed by atoms with Crippen molar-refractivity contribution in [2.45, 2.75) is 31.5 Å². The molecule has 2 heterocycles. The fourth-order valence-corrected chi connectivity index (χ4v) is 3.07. The third-order valence-corrected chi connectivity index (χ3v) is 4.52. The third kappa shape index (κ3) is 5.00. The van der Waals surface area contributed by atoms with Gasteiger partial charge in [-0.3, -0.25) is 4.79 Å². The highest BCUT2D eigenvalue weighted by Gasteiger charge is 2.30. The van der Waals surface area contributed by atoms with Gasteiger partial charge in [-0.2, -0.15) is 18.4 Å². The number of alkyl halides is 3. The molecule has 1 fully saturated rings. The predicted octanol–water partition coefficient (Wildman–Crippen LogP) is 3.58. The van der Waals surface area contributed by atoms with Crippen LogP contribution in [-0.4, -0.2) is 35.0 Å². The number of hydrogen-bond donors (Lipinski definition) is 0. The molecule has 1 atom stereocenters. The van der Waals surface area contributed by atoms with E-state index in [4.69, 9.17) is 10.00 Å². The zero-order valence-electron chi connectivity index (χ0n) is 14.9. The van der Waals surface area contributed by atoms with Gasteiger partial charge in [-0.1, -0.05) is 12.1 Å². The van der Waals surface area contributed by atoms with Gasteiger partial charge < -0.3 is 9.64 Å². The molecule has 1 saturated heterocycles. The summed E-state index contributed by atoms with van der Waals surface area (Å²) in [6.07, 6.45) is -1.61. The van der Waals surface area contributed by atoms with Crippen LogP contribution in [0.15, 0.2) is 42.6 Å². The van der Waals surface area contributed by atoms with Crippen LogP contribution >= 0.6 is 0 Å². The zero-order valence-corrected chi connectivity index (χ0v) is 14.9. The number of nitriles is 1. The summed E-state index contributed by atoms with van der Waals surface area (Å²) < 4.78 is 43.7. The molecular weight excluding hydrogens is 371 g/mol. The number of pyridine rings is 1. The summed E-state index contributed by atoms with van der Waals surface area (Å²) in [6.45, 7) is 0.947. The van der Waals surface area contributed by atoms with Crippen molar-refractivity contribution >= 4 is 5.91 Å². The SMILES string of the molecule is N#Cc1ccnc(O[C@H]2CCCN(C(=O)Cc3ccc(C(F)(F)F)cc3)C2)c1. The molecule has 0 aliphatic carbocycles. The zero-order chi connectivity index (χ0) is 20.1. The highest BCUT2D eigenvalue weighted by atomic mass is 19.4. The van der Waals surface area contributed by atoms with E-state index in [0.717, 1.165) is 25.0 Å². The van der Waals surface area contributed by atoms with Gasteiger partial charge in [0.2, 0.25) is 11.8 Å². The summed E-state index contributed by atoms with van der Waals surface area (Å²) >= 11 is 0. The number of amides is 1. The average molecular weight is 389 g/mol. The number of carbonyl (C=O) groups is 1. The lowest BCUT2D eigenvalue weighted by molar-refractivity contribution is -0.137. The predicted molar refractivity (Wildman–Crippen MR) is 94.3 cm³/mol. The molecule has 0 saturated carbocycles. The molecular formula is C20H18F3N3O2. The van der Waals surface area contributed by atoms with Crippen molar-refractivity contribution in [2.75, 3.05) is 13.1 Å². The van der Waals surface area contributed by atoms with Crippen LogP contribution in [-0.2, 0) is 17.4 Å². The number of rotatable bonds is 4. The number of piperidine rings is 1. The van der Waals surface area contributed by atoms with Gasteiger partial charge in [-0.05, 0) is 36.6 Å². The van der Waals surface area contributed by atoms with Gasteiger partial charge in [-0.15, -0.1) is 0 Å². The number of ether oxygens (including phenoxy) is 1. The number of likely N-dealkylation sites (tertiary alicyclic amines) is 1. The largest absolute Gasteiger partial charge is 0.472 e. The van der Waals surface area contributed by atoms with Crippen molar-refractivity contribution in [1.29, 1.82) is 5.26 Å². The number of hydrogen-bond acceptors (Lipinski definition) is 4. The molecule has 28 heavy (non-hydrogen) atoms. The van der Waals surface area contributed by atoms with Crippen molar-refractivity contribution in [3.05, 3.63) is 59.3 Å². The number of nitrogens with zero attached hydrogens (tertiary/aromatic N) is 3. The number of aromatic nitrogens is 1. The minimum absolute atomic E-state index is 0.0347. The van der Waals surface area contributed by atoms with Gasteiger partial charge in [-0.25, -0.2) is 4.98 Å². The van der Waals surface area contributed by atoms with Crippen LogP contribution in [0.1, 0.15) is 29.5 Å².